The Morgan fingerprint density at radius 2 is 2.27 bits per heavy atom. The number of anilines is 2. The third-order valence-corrected chi connectivity index (χ3v) is 2.82. The lowest BCUT2D eigenvalue weighted by molar-refractivity contribution is 0.248. The van der Waals surface area contributed by atoms with Gasteiger partial charge in [-0.05, 0) is 30.5 Å². The quantitative estimate of drug-likeness (QED) is 0.627. The highest BCUT2D eigenvalue weighted by atomic mass is 16.2. The zero-order valence-corrected chi connectivity index (χ0v) is 9.00. The van der Waals surface area contributed by atoms with Crippen LogP contribution in [0.2, 0.25) is 0 Å². The Morgan fingerprint density at radius 3 is 2.93 bits per heavy atom. The first kappa shape index (κ1) is 9.83. The van der Waals surface area contributed by atoms with E-state index in [1.54, 1.807) is 11.9 Å². The molecule has 1 aromatic rings. The number of carbonyl (C=O) groups excluding carboxylic acids is 1. The SMILES string of the molecule is CNC(=O)N1CCc2cc(C)c(N)cc21. The molecular formula is C11H15N3O. The number of aryl methyl sites for hydroxylation is 1. The van der Waals surface area contributed by atoms with Crippen molar-refractivity contribution < 1.29 is 4.79 Å². The molecule has 3 N–H and O–H groups in total. The molecule has 0 atom stereocenters. The number of hydrogen-bond donors (Lipinski definition) is 2. The summed E-state index contributed by atoms with van der Waals surface area (Å²) in [6, 6.07) is 3.87. The molecule has 0 aliphatic carbocycles. The zero-order chi connectivity index (χ0) is 11.0. The monoisotopic (exact) mass is 205 g/mol. The molecule has 0 saturated heterocycles. The van der Waals surface area contributed by atoms with E-state index in [0.29, 0.717) is 0 Å². The fourth-order valence-corrected chi connectivity index (χ4v) is 1.92. The van der Waals surface area contributed by atoms with Crippen LogP contribution < -0.4 is 16.0 Å². The lowest BCUT2D eigenvalue weighted by atomic mass is 10.1. The van der Waals surface area contributed by atoms with Crippen LogP contribution in [0.25, 0.3) is 0 Å². The van der Waals surface area contributed by atoms with Gasteiger partial charge in [0.1, 0.15) is 0 Å². The van der Waals surface area contributed by atoms with Gasteiger partial charge in [0.15, 0.2) is 0 Å². The summed E-state index contributed by atoms with van der Waals surface area (Å²) in [5.74, 6) is 0. The molecule has 1 aromatic carbocycles. The minimum Gasteiger partial charge on any atom is -0.398 e. The molecule has 1 aliphatic rings. The molecule has 4 nitrogen and oxygen atoms in total. The van der Waals surface area contributed by atoms with E-state index in [0.717, 1.165) is 29.9 Å². The molecule has 0 unspecified atom stereocenters. The Bertz CT molecular complexity index is 415. The standard InChI is InChI=1S/C11H15N3O/c1-7-5-8-3-4-14(11(15)13-2)10(8)6-9(7)12/h5-6H,3-4,12H2,1-2H3,(H,13,15). The Kier molecular flexibility index (Phi) is 2.26. The summed E-state index contributed by atoms with van der Waals surface area (Å²) in [4.78, 5) is 13.3. The molecule has 2 amide bonds. The summed E-state index contributed by atoms with van der Waals surface area (Å²) < 4.78 is 0. The first-order valence-electron chi connectivity index (χ1n) is 5.01. The molecule has 0 spiro atoms. The smallest absolute Gasteiger partial charge is 0.321 e. The minimum absolute atomic E-state index is 0.0722. The van der Waals surface area contributed by atoms with Gasteiger partial charge < -0.3 is 11.1 Å². The molecule has 0 radical (unpaired) electrons. The maximum absolute atomic E-state index is 11.5. The van der Waals surface area contributed by atoms with E-state index in [2.05, 4.69) is 11.4 Å². The van der Waals surface area contributed by atoms with Gasteiger partial charge in [0.25, 0.3) is 0 Å². The summed E-state index contributed by atoms with van der Waals surface area (Å²) in [7, 11) is 1.64. The number of nitrogens with zero attached hydrogens (tertiary/aromatic N) is 1. The van der Waals surface area contributed by atoms with Gasteiger partial charge >= 0.3 is 6.03 Å². The third-order valence-electron chi connectivity index (χ3n) is 2.82. The van der Waals surface area contributed by atoms with Crippen LogP contribution in [0.3, 0.4) is 0 Å². The van der Waals surface area contributed by atoms with Crippen molar-refractivity contribution in [2.75, 3.05) is 24.2 Å². The van der Waals surface area contributed by atoms with Crippen molar-refractivity contribution in [1.29, 1.82) is 0 Å². The van der Waals surface area contributed by atoms with Gasteiger partial charge in [-0.2, -0.15) is 0 Å². The molecule has 1 aliphatic heterocycles. The van der Waals surface area contributed by atoms with Crippen molar-refractivity contribution in [2.45, 2.75) is 13.3 Å². The van der Waals surface area contributed by atoms with Gasteiger partial charge in [0.2, 0.25) is 0 Å². The third kappa shape index (κ3) is 1.52. The van der Waals surface area contributed by atoms with Crippen LogP contribution in [-0.2, 0) is 6.42 Å². The molecule has 2 rings (SSSR count). The number of urea groups is 1. The Balaban J connectivity index is 2.42. The van der Waals surface area contributed by atoms with E-state index in [1.807, 2.05) is 13.0 Å². The molecular weight excluding hydrogens is 190 g/mol. The molecule has 15 heavy (non-hydrogen) atoms. The predicted octanol–water partition coefficient (Wildman–Crippen LogP) is 1.28. The number of benzene rings is 1. The van der Waals surface area contributed by atoms with Gasteiger partial charge in [-0.25, -0.2) is 4.79 Å². The van der Waals surface area contributed by atoms with Gasteiger partial charge in [-0.1, -0.05) is 6.07 Å². The fourth-order valence-electron chi connectivity index (χ4n) is 1.92. The van der Waals surface area contributed by atoms with E-state index in [1.165, 1.54) is 5.56 Å². The molecule has 0 saturated carbocycles. The molecule has 0 bridgehead atoms. The van der Waals surface area contributed by atoms with Gasteiger partial charge in [-0.15, -0.1) is 0 Å². The first-order chi connectivity index (χ1) is 7.13. The molecule has 4 heteroatoms. The second-order valence-corrected chi connectivity index (χ2v) is 3.79. The van der Waals surface area contributed by atoms with E-state index in [-0.39, 0.29) is 6.03 Å². The topological polar surface area (TPSA) is 58.4 Å². The summed E-state index contributed by atoms with van der Waals surface area (Å²) in [6.45, 7) is 2.72. The number of nitrogens with one attached hydrogen (secondary N) is 1. The second-order valence-electron chi connectivity index (χ2n) is 3.79. The summed E-state index contributed by atoms with van der Waals surface area (Å²) >= 11 is 0. The Morgan fingerprint density at radius 1 is 1.53 bits per heavy atom. The van der Waals surface area contributed by atoms with Crippen LogP contribution >= 0.6 is 0 Å². The Labute approximate surface area is 89.1 Å². The van der Waals surface area contributed by atoms with Gasteiger partial charge in [0.05, 0.1) is 5.69 Å². The molecule has 80 valence electrons. The van der Waals surface area contributed by atoms with E-state index < -0.39 is 0 Å². The van der Waals surface area contributed by atoms with Crippen LogP contribution in [0, 0.1) is 6.92 Å². The number of amides is 2. The lowest BCUT2D eigenvalue weighted by Gasteiger charge is -2.17. The number of nitrogen functional groups attached to an aromatic ring is 1. The highest BCUT2D eigenvalue weighted by Crippen LogP contribution is 2.31. The van der Waals surface area contributed by atoms with Crippen molar-refractivity contribution in [1.82, 2.24) is 5.32 Å². The lowest BCUT2D eigenvalue weighted by Crippen LogP contribution is -2.36. The molecule has 0 aromatic heterocycles. The second kappa shape index (κ2) is 3.46. The number of rotatable bonds is 0. The van der Waals surface area contributed by atoms with Crippen LogP contribution in [-0.4, -0.2) is 19.6 Å². The average Bonchev–Trinajstić information content (AvgIpc) is 2.61. The van der Waals surface area contributed by atoms with Crippen LogP contribution in [0.1, 0.15) is 11.1 Å². The fraction of sp³-hybridized carbons (Fsp3) is 0.364. The van der Waals surface area contributed by atoms with Crippen molar-refractivity contribution in [3.63, 3.8) is 0 Å². The van der Waals surface area contributed by atoms with Crippen LogP contribution in [0.5, 0.6) is 0 Å². The van der Waals surface area contributed by atoms with Crippen molar-refractivity contribution in [3.05, 3.63) is 23.3 Å². The highest BCUT2D eigenvalue weighted by Gasteiger charge is 2.24. The Hall–Kier alpha value is -1.71. The first-order valence-corrected chi connectivity index (χ1v) is 5.01. The zero-order valence-electron chi connectivity index (χ0n) is 9.00. The average molecular weight is 205 g/mol. The normalized spacial score (nSPS) is 13.9. The van der Waals surface area contributed by atoms with E-state index in [9.17, 15) is 4.79 Å². The van der Waals surface area contributed by atoms with Crippen molar-refractivity contribution in [2.24, 2.45) is 0 Å². The number of carbonyl (C=O) groups is 1. The number of fused-ring (bicyclic) bond motifs is 1. The maximum atomic E-state index is 11.5. The number of nitrogens with two attached hydrogens (primary N) is 1. The summed E-state index contributed by atoms with van der Waals surface area (Å²) in [5, 5.41) is 2.63. The molecule has 1 heterocycles. The van der Waals surface area contributed by atoms with Crippen molar-refractivity contribution >= 4 is 17.4 Å². The van der Waals surface area contributed by atoms with Gasteiger partial charge in [0, 0.05) is 19.3 Å². The summed E-state index contributed by atoms with van der Waals surface area (Å²) in [6.07, 6.45) is 0.907. The van der Waals surface area contributed by atoms with E-state index >= 15 is 0 Å². The highest BCUT2D eigenvalue weighted by molar-refractivity contribution is 5.94. The summed E-state index contributed by atoms with van der Waals surface area (Å²) in [5.41, 5.74) is 9.80. The predicted molar refractivity (Wildman–Crippen MR) is 61.1 cm³/mol. The van der Waals surface area contributed by atoms with Crippen LogP contribution in [0.15, 0.2) is 12.1 Å². The number of hydrogen-bond acceptors (Lipinski definition) is 2. The van der Waals surface area contributed by atoms with Gasteiger partial charge in [-0.3, -0.25) is 4.90 Å². The minimum atomic E-state index is -0.0722. The largest absolute Gasteiger partial charge is 0.398 e. The maximum Gasteiger partial charge on any atom is 0.321 e. The van der Waals surface area contributed by atoms with Crippen LogP contribution in [0.4, 0.5) is 16.2 Å². The van der Waals surface area contributed by atoms with Crippen molar-refractivity contribution in [3.8, 4) is 0 Å². The van der Waals surface area contributed by atoms with E-state index in [4.69, 9.17) is 5.73 Å². The molecule has 0 fully saturated rings.